The minimum atomic E-state index is -0.423. The zero-order chi connectivity index (χ0) is 15.9. The van der Waals surface area contributed by atoms with E-state index in [9.17, 15) is 10.1 Å². The van der Waals surface area contributed by atoms with E-state index in [4.69, 9.17) is 9.52 Å². The molecule has 2 rings (SSSR count). The number of furan rings is 1. The van der Waals surface area contributed by atoms with Gasteiger partial charge in [-0.1, -0.05) is 18.2 Å². The first-order valence-corrected chi connectivity index (χ1v) is 6.92. The Kier molecular flexibility index (Phi) is 5.46. The van der Waals surface area contributed by atoms with Crippen molar-refractivity contribution >= 4 is 5.69 Å². The fraction of sp³-hybridized carbons (Fsp3) is 0.250. The maximum atomic E-state index is 11.1. The van der Waals surface area contributed by atoms with Gasteiger partial charge in [-0.2, -0.15) is 0 Å². The molecule has 2 aromatic rings. The summed E-state index contributed by atoms with van der Waals surface area (Å²) in [6.07, 6.45) is 1.75. The lowest BCUT2D eigenvalue weighted by molar-refractivity contribution is -0.384. The fourth-order valence-electron chi connectivity index (χ4n) is 2.23. The lowest BCUT2D eigenvalue weighted by atomic mass is 10.1. The van der Waals surface area contributed by atoms with Crippen LogP contribution in [0, 0.1) is 10.1 Å². The molecule has 0 radical (unpaired) electrons. The highest BCUT2D eigenvalue weighted by molar-refractivity contribution is 5.69. The van der Waals surface area contributed by atoms with E-state index in [1.807, 2.05) is 4.90 Å². The van der Waals surface area contributed by atoms with Crippen LogP contribution in [-0.2, 0) is 6.54 Å². The van der Waals surface area contributed by atoms with E-state index in [1.54, 1.807) is 36.4 Å². The standard InChI is InChI=1S/C16H18N2O4/c1-2-9-17(10-11-19)12-13-7-8-16(22-13)14-5-3-4-6-15(14)18(20)21/h2-8,19H,1,9-12H2. The molecule has 0 saturated heterocycles. The van der Waals surface area contributed by atoms with Crippen molar-refractivity contribution in [2.75, 3.05) is 19.7 Å². The van der Waals surface area contributed by atoms with Gasteiger partial charge in [0.1, 0.15) is 11.5 Å². The predicted molar refractivity (Wildman–Crippen MR) is 83.4 cm³/mol. The van der Waals surface area contributed by atoms with Crippen molar-refractivity contribution in [2.24, 2.45) is 0 Å². The third kappa shape index (κ3) is 3.81. The summed E-state index contributed by atoms with van der Waals surface area (Å²) < 4.78 is 5.72. The van der Waals surface area contributed by atoms with Crippen molar-refractivity contribution in [3.05, 3.63) is 64.9 Å². The number of nitro groups is 1. The van der Waals surface area contributed by atoms with Crippen LogP contribution in [0.2, 0.25) is 0 Å². The van der Waals surface area contributed by atoms with Gasteiger partial charge in [-0.3, -0.25) is 15.0 Å². The lowest BCUT2D eigenvalue weighted by Gasteiger charge is -2.17. The molecule has 1 heterocycles. The topological polar surface area (TPSA) is 79.8 Å². The third-order valence-electron chi connectivity index (χ3n) is 3.21. The van der Waals surface area contributed by atoms with Crippen LogP contribution in [0.4, 0.5) is 5.69 Å². The normalized spacial score (nSPS) is 10.8. The van der Waals surface area contributed by atoms with Gasteiger partial charge in [0.05, 0.1) is 23.6 Å². The molecular formula is C16H18N2O4. The van der Waals surface area contributed by atoms with E-state index in [2.05, 4.69) is 6.58 Å². The first-order chi connectivity index (χ1) is 10.7. The molecule has 0 unspecified atom stereocenters. The molecule has 0 spiro atoms. The van der Waals surface area contributed by atoms with Gasteiger partial charge in [-0.25, -0.2) is 0 Å². The Morgan fingerprint density at radius 1 is 1.32 bits per heavy atom. The number of hydrogen-bond acceptors (Lipinski definition) is 5. The summed E-state index contributed by atoms with van der Waals surface area (Å²) in [7, 11) is 0. The molecule has 22 heavy (non-hydrogen) atoms. The Hall–Kier alpha value is -2.44. The van der Waals surface area contributed by atoms with Crippen molar-refractivity contribution < 1.29 is 14.4 Å². The zero-order valence-corrected chi connectivity index (χ0v) is 12.1. The van der Waals surface area contributed by atoms with Crippen LogP contribution >= 0.6 is 0 Å². The molecule has 0 fully saturated rings. The van der Waals surface area contributed by atoms with Crippen molar-refractivity contribution in [3.8, 4) is 11.3 Å². The Morgan fingerprint density at radius 3 is 2.77 bits per heavy atom. The molecule has 0 aliphatic carbocycles. The third-order valence-corrected chi connectivity index (χ3v) is 3.21. The van der Waals surface area contributed by atoms with Gasteiger partial charge < -0.3 is 9.52 Å². The summed E-state index contributed by atoms with van der Waals surface area (Å²) in [4.78, 5) is 12.6. The van der Waals surface area contributed by atoms with Crippen molar-refractivity contribution in [2.45, 2.75) is 6.54 Å². The number of aliphatic hydroxyl groups excluding tert-OH is 1. The number of nitro benzene ring substituents is 1. The van der Waals surface area contributed by atoms with Crippen LogP contribution in [0.3, 0.4) is 0 Å². The summed E-state index contributed by atoms with van der Waals surface area (Å²) in [6.45, 7) is 5.37. The maximum absolute atomic E-state index is 11.1. The summed E-state index contributed by atoms with van der Waals surface area (Å²) in [5, 5.41) is 20.1. The second-order valence-electron chi connectivity index (χ2n) is 4.79. The summed E-state index contributed by atoms with van der Waals surface area (Å²) >= 11 is 0. The molecule has 1 aromatic heterocycles. The van der Waals surface area contributed by atoms with Crippen molar-refractivity contribution in [1.82, 2.24) is 4.90 Å². The van der Waals surface area contributed by atoms with Crippen molar-refractivity contribution in [1.29, 1.82) is 0 Å². The molecule has 0 amide bonds. The summed E-state index contributed by atoms with van der Waals surface area (Å²) in [6, 6.07) is 9.99. The van der Waals surface area contributed by atoms with E-state index in [0.717, 1.165) is 0 Å². The molecular weight excluding hydrogens is 284 g/mol. The van der Waals surface area contributed by atoms with E-state index in [0.29, 0.717) is 36.7 Å². The van der Waals surface area contributed by atoms with Crippen LogP contribution in [-0.4, -0.2) is 34.6 Å². The van der Waals surface area contributed by atoms with E-state index in [-0.39, 0.29) is 12.3 Å². The average molecular weight is 302 g/mol. The second-order valence-corrected chi connectivity index (χ2v) is 4.79. The first-order valence-electron chi connectivity index (χ1n) is 6.92. The van der Waals surface area contributed by atoms with E-state index < -0.39 is 4.92 Å². The van der Waals surface area contributed by atoms with Crippen LogP contribution in [0.15, 0.2) is 53.5 Å². The van der Waals surface area contributed by atoms with Crippen LogP contribution < -0.4 is 0 Å². The van der Waals surface area contributed by atoms with Crippen LogP contribution in [0.25, 0.3) is 11.3 Å². The van der Waals surface area contributed by atoms with Gasteiger partial charge in [0, 0.05) is 19.2 Å². The van der Waals surface area contributed by atoms with Gasteiger partial charge in [0.15, 0.2) is 0 Å². The highest BCUT2D eigenvalue weighted by atomic mass is 16.6. The van der Waals surface area contributed by atoms with Crippen LogP contribution in [0.5, 0.6) is 0 Å². The number of benzene rings is 1. The minimum Gasteiger partial charge on any atom is -0.459 e. The highest BCUT2D eigenvalue weighted by Gasteiger charge is 2.17. The molecule has 6 heteroatoms. The zero-order valence-electron chi connectivity index (χ0n) is 12.1. The van der Waals surface area contributed by atoms with Gasteiger partial charge in [-0.15, -0.1) is 6.58 Å². The Labute approximate surface area is 128 Å². The summed E-state index contributed by atoms with van der Waals surface area (Å²) in [5.74, 6) is 1.15. The second kappa shape index (κ2) is 7.53. The SMILES string of the molecule is C=CCN(CCO)Cc1ccc(-c2ccccc2[N+](=O)[O-])o1. The largest absolute Gasteiger partial charge is 0.459 e. The molecule has 0 saturated carbocycles. The average Bonchev–Trinajstić information content (AvgIpc) is 2.96. The lowest BCUT2D eigenvalue weighted by Crippen LogP contribution is -2.26. The molecule has 1 N–H and O–H groups in total. The highest BCUT2D eigenvalue weighted by Crippen LogP contribution is 2.31. The van der Waals surface area contributed by atoms with Gasteiger partial charge >= 0.3 is 0 Å². The van der Waals surface area contributed by atoms with Gasteiger partial charge in [0.2, 0.25) is 0 Å². The molecule has 1 aromatic carbocycles. The number of aliphatic hydroxyl groups is 1. The first kappa shape index (κ1) is 15.9. The molecule has 0 aliphatic rings. The van der Waals surface area contributed by atoms with Crippen molar-refractivity contribution in [3.63, 3.8) is 0 Å². The number of para-hydroxylation sites is 1. The quantitative estimate of drug-likeness (QED) is 0.461. The smallest absolute Gasteiger partial charge is 0.280 e. The summed E-state index contributed by atoms with van der Waals surface area (Å²) in [5.41, 5.74) is 0.470. The molecule has 116 valence electrons. The van der Waals surface area contributed by atoms with Crippen LogP contribution in [0.1, 0.15) is 5.76 Å². The Morgan fingerprint density at radius 2 is 2.09 bits per heavy atom. The van der Waals surface area contributed by atoms with E-state index in [1.165, 1.54) is 6.07 Å². The van der Waals surface area contributed by atoms with E-state index >= 15 is 0 Å². The molecule has 0 atom stereocenters. The molecule has 0 bridgehead atoms. The molecule has 6 nitrogen and oxygen atoms in total. The Balaban J connectivity index is 2.21. The number of nitrogens with zero attached hydrogens (tertiary/aromatic N) is 2. The fourth-order valence-corrected chi connectivity index (χ4v) is 2.23. The van der Waals surface area contributed by atoms with Gasteiger partial charge in [0.25, 0.3) is 5.69 Å². The molecule has 0 aliphatic heterocycles. The number of hydrogen-bond donors (Lipinski definition) is 1. The monoisotopic (exact) mass is 302 g/mol. The predicted octanol–water partition coefficient (Wildman–Crippen LogP) is 2.84. The number of rotatable bonds is 8. The van der Waals surface area contributed by atoms with Gasteiger partial charge in [-0.05, 0) is 18.2 Å². The Bertz CT molecular complexity index is 651. The maximum Gasteiger partial charge on any atom is 0.280 e. The minimum absolute atomic E-state index is 0.0155.